The first-order chi connectivity index (χ1) is 12.5. The van der Waals surface area contributed by atoms with Gasteiger partial charge in [-0.1, -0.05) is 23.7 Å². The monoisotopic (exact) mass is 402 g/mol. The van der Waals surface area contributed by atoms with E-state index in [0.29, 0.717) is 11.1 Å². The molecule has 1 aliphatic carbocycles. The zero-order chi connectivity index (χ0) is 20.5. The van der Waals surface area contributed by atoms with Gasteiger partial charge < -0.3 is 9.47 Å². The Morgan fingerprint density at radius 2 is 1.74 bits per heavy atom. The molecule has 27 heavy (non-hydrogen) atoms. The van der Waals surface area contributed by atoms with Gasteiger partial charge in [-0.15, -0.1) is 0 Å². The van der Waals surface area contributed by atoms with Gasteiger partial charge in [0.1, 0.15) is 0 Å². The lowest BCUT2D eigenvalue weighted by Crippen LogP contribution is -2.29. The summed E-state index contributed by atoms with van der Waals surface area (Å²) < 4.78 is 49.3. The molecule has 2 rings (SSSR count). The second kappa shape index (κ2) is 7.76. The molecule has 0 heterocycles. The van der Waals surface area contributed by atoms with Gasteiger partial charge in [-0.05, 0) is 42.7 Å². The van der Waals surface area contributed by atoms with Gasteiger partial charge in [-0.2, -0.15) is 13.2 Å². The third-order valence-electron chi connectivity index (χ3n) is 4.57. The zero-order valence-corrected chi connectivity index (χ0v) is 15.9. The van der Waals surface area contributed by atoms with E-state index in [1.807, 2.05) is 0 Å². The van der Waals surface area contributed by atoms with Crippen LogP contribution in [0.15, 0.2) is 41.0 Å². The highest BCUT2D eigenvalue weighted by molar-refractivity contribution is 6.31. The second-order valence-corrected chi connectivity index (χ2v) is 6.57. The highest BCUT2D eigenvalue weighted by Crippen LogP contribution is 2.43. The molecule has 0 fully saturated rings. The molecular weight excluding hydrogens is 385 g/mol. The largest absolute Gasteiger partial charge is 0.469 e. The van der Waals surface area contributed by atoms with Crippen LogP contribution in [-0.4, -0.2) is 26.2 Å². The van der Waals surface area contributed by atoms with Gasteiger partial charge in [0.15, 0.2) is 0 Å². The van der Waals surface area contributed by atoms with Crippen LogP contribution < -0.4 is 0 Å². The van der Waals surface area contributed by atoms with Gasteiger partial charge in [0.2, 0.25) is 0 Å². The number of methoxy groups -OCH3 is 2. The lowest BCUT2D eigenvalue weighted by molar-refractivity contribution is -0.144. The van der Waals surface area contributed by atoms with Gasteiger partial charge in [0, 0.05) is 5.92 Å². The number of hydrogen-bond donors (Lipinski definition) is 0. The number of carbonyl (C=O) groups excluding carboxylic acids is 2. The van der Waals surface area contributed by atoms with Crippen molar-refractivity contribution in [1.29, 1.82) is 0 Å². The van der Waals surface area contributed by atoms with Crippen LogP contribution in [0, 0.1) is 5.92 Å². The summed E-state index contributed by atoms with van der Waals surface area (Å²) in [5.74, 6) is -2.99. The first kappa shape index (κ1) is 21.0. The zero-order valence-electron chi connectivity index (χ0n) is 15.1. The SMILES string of the molecule is COC(=O)C1=C(C)C(C(=O)OC)C(c2ccc(Cl)c(C(F)(F)F)c2)C=C1C. The fraction of sp³-hybridized carbons (Fsp3) is 0.368. The fourth-order valence-electron chi connectivity index (χ4n) is 3.32. The van der Waals surface area contributed by atoms with Crippen LogP contribution in [0.5, 0.6) is 0 Å². The highest BCUT2D eigenvalue weighted by atomic mass is 35.5. The Labute approximate surface area is 159 Å². The quantitative estimate of drug-likeness (QED) is 0.689. The van der Waals surface area contributed by atoms with Crippen LogP contribution in [0.4, 0.5) is 13.2 Å². The number of benzene rings is 1. The molecule has 0 saturated heterocycles. The Hall–Kier alpha value is -2.28. The Kier molecular flexibility index (Phi) is 6.04. The number of carbonyl (C=O) groups is 2. The van der Waals surface area contributed by atoms with Gasteiger partial charge in [0.25, 0.3) is 0 Å². The van der Waals surface area contributed by atoms with Crippen molar-refractivity contribution >= 4 is 23.5 Å². The summed E-state index contributed by atoms with van der Waals surface area (Å²) >= 11 is 5.69. The molecule has 0 bridgehead atoms. The number of ether oxygens (including phenoxy) is 2. The average Bonchev–Trinajstić information content (AvgIpc) is 2.59. The van der Waals surface area contributed by atoms with E-state index < -0.39 is 40.5 Å². The third kappa shape index (κ3) is 4.03. The minimum Gasteiger partial charge on any atom is -0.469 e. The Balaban J connectivity index is 2.65. The maximum Gasteiger partial charge on any atom is 0.417 e. The van der Waals surface area contributed by atoms with E-state index in [2.05, 4.69) is 0 Å². The Morgan fingerprint density at radius 1 is 1.11 bits per heavy atom. The summed E-state index contributed by atoms with van der Waals surface area (Å²) in [5.41, 5.74) is 0.353. The first-order valence-corrected chi connectivity index (χ1v) is 8.33. The molecule has 1 aromatic carbocycles. The van der Waals surface area contributed by atoms with Crippen molar-refractivity contribution in [3.8, 4) is 0 Å². The molecule has 0 saturated carbocycles. The molecule has 146 valence electrons. The summed E-state index contributed by atoms with van der Waals surface area (Å²) in [6.07, 6.45) is -3.06. The van der Waals surface area contributed by atoms with E-state index in [0.717, 1.165) is 12.1 Å². The number of rotatable bonds is 3. The fourth-order valence-corrected chi connectivity index (χ4v) is 3.54. The van der Waals surface area contributed by atoms with Crippen molar-refractivity contribution in [3.63, 3.8) is 0 Å². The smallest absolute Gasteiger partial charge is 0.417 e. The van der Waals surface area contributed by atoms with Crippen molar-refractivity contribution in [2.75, 3.05) is 14.2 Å². The van der Waals surface area contributed by atoms with Crippen LogP contribution in [-0.2, 0) is 25.2 Å². The van der Waals surface area contributed by atoms with Crippen molar-refractivity contribution in [2.24, 2.45) is 5.92 Å². The van der Waals surface area contributed by atoms with E-state index in [9.17, 15) is 22.8 Å². The average molecular weight is 403 g/mol. The lowest BCUT2D eigenvalue weighted by Gasteiger charge is -2.31. The van der Waals surface area contributed by atoms with Crippen molar-refractivity contribution in [1.82, 2.24) is 0 Å². The Morgan fingerprint density at radius 3 is 2.26 bits per heavy atom. The van der Waals surface area contributed by atoms with Crippen molar-refractivity contribution < 1.29 is 32.2 Å². The predicted octanol–water partition coefficient (Wildman–Crippen LogP) is 4.68. The molecule has 0 aromatic heterocycles. The molecule has 0 aliphatic heterocycles. The minimum atomic E-state index is -4.64. The molecule has 8 heteroatoms. The first-order valence-electron chi connectivity index (χ1n) is 7.95. The Bertz CT molecular complexity index is 840. The summed E-state index contributed by atoms with van der Waals surface area (Å²) in [6, 6.07) is 3.49. The van der Waals surface area contributed by atoms with Crippen molar-refractivity contribution in [3.05, 3.63) is 57.1 Å². The molecule has 0 amide bonds. The normalized spacial score (nSPS) is 20.2. The standard InChI is InChI=1S/C19H18ClF3O4/c1-9-7-12(11-5-6-14(20)13(8-11)19(21,22)23)16(18(25)27-4)10(2)15(9)17(24)26-3/h5-8,12,16H,1-4H3. The van der Waals surface area contributed by atoms with Crippen LogP contribution in [0.2, 0.25) is 5.02 Å². The molecular formula is C19H18ClF3O4. The van der Waals surface area contributed by atoms with E-state index in [1.165, 1.54) is 20.3 Å². The molecule has 4 nitrogen and oxygen atoms in total. The molecule has 2 atom stereocenters. The number of halogens is 4. The maximum atomic E-state index is 13.2. The van der Waals surface area contributed by atoms with Crippen LogP contribution in [0.3, 0.4) is 0 Å². The highest BCUT2D eigenvalue weighted by Gasteiger charge is 2.39. The molecule has 1 aliphatic rings. The van der Waals surface area contributed by atoms with E-state index in [1.54, 1.807) is 19.9 Å². The number of esters is 2. The van der Waals surface area contributed by atoms with Crippen LogP contribution in [0.25, 0.3) is 0 Å². The molecule has 2 unspecified atom stereocenters. The number of allylic oxidation sites excluding steroid dienone is 1. The summed E-state index contributed by atoms with van der Waals surface area (Å²) in [6.45, 7) is 3.20. The topological polar surface area (TPSA) is 52.6 Å². The van der Waals surface area contributed by atoms with Gasteiger partial charge in [-0.25, -0.2) is 4.79 Å². The molecule has 1 aromatic rings. The summed E-state index contributed by atoms with van der Waals surface area (Å²) in [4.78, 5) is 24.5. The molecule has 0 radical (unpaired) electrons. The summed E-state index contributed by atoms with van der Waals surface area (Å²) in [7, 11) is 2.39. The maximum absolute atomic E-state index is 13.2. The minimum absolute atomic E-state index is 0.217. The molecule has 0 spiro atoms. The van der Waals surface area contributed by atoms with Crippen LogP contribution in [0.1, 0.15) is 30.9 Å². The third-order valence-corrected chi connectivity index (χ3v) is 4.90. The van der Waals surface area contributed by atoms with Crippen molar-refractivity contribution in [2.45, 2.75) is 25.9 Å². The number of alkyl halides is 3. The van der Waals surface area contributed by atoms with E-state index in [4.69, 9.17) is 21.1 Å². The van der Waals surface area contributed by atoms with Crippen LogP contribution >= 0.6 is 11.6 Å². The van der Waals surface area contributed by atoms with Gasteiger partial charge in [0.05, 0.1) is 36.3 Å². The summed E-state index contributed by atoms with van der Waals surface area (Å²) in [5, 5.41) is -0.431. The number of hydrogen-bond acceptors (Lipinski definition) is 4. The second-order valence-electron chi connectivity index (χ2n) is 6.16. The van der Waals surface area contributed by atoms with E-state index >= 15 is 0 Å². The lowest BCUT2D eigenvalue weighted by atomic mass is 9.73. The molecule has 0 N–H and O–H groups in total. The predicted molar refractivity (Wildman–Crippen MR) is 93.2 cm³/mol. The van der Waals surface area contributed by atoms with E-state index in [-0.39, 0.29) is 11.1 Å². The van der Waals surface area contributed by atoms with Gasteiger partial charge >= 0.3 is 18.1 Å². The van der Waals surface area contributed by atoms with Gasteiger partial charge in [-0.3, -0.25) is 4.79 Å².